The lowest BCUT2D eigenvalue weighted by Crippen LogP contribution is -2.37. The topological polar surface area (TPSA) is 29.3 Å². The molecule has 0 spiro atoms. The van der Waals surface area contributed by atoms with Crippen molar-refractivity contribution in [3.05, 3.63) is 29.8 Å². The highest BCUT2D eigenvalue weighted by molar-refractivity contribution is 5.48. The number of nitrogens with zero attached hydrogens (tertiary/aromatic N) is 1. The van der Waals surface area contributed by atoms with E-state index in [9.17, 15) is 0 Å². The fraction of sp³-hybridized carbons (Fsp3) is 0.571. The third-order valence-corrected chi connectivity index (χ3v) is 3.65. The van der Waals surface area contributed by atoms with Crippen LogP contribution in [-0.4, -0.2) is 13.1 Å². The Kier molecular flexibility index (Phi) is 3.20. The van der Waals surface area contributed by atoms with E-state index in [1.165, 1.54) is 37.2 Å². The zero-order valence-corrected chi connectivity index (χ0v) is 10.4. The fourth-order valence-electron chi connectivity index (χ4n) is 2.21. The fourth-order valence-corrected chi connectivity index (χ4v) is 2.21. The normalized spacial score (nSPS) is 19.8. The minimum Gasteiger partial charge on any atom is -0.371 e. The van der Waals surface area contributed by atoms with Gasteiger partial charge in [0.15, 0.2) is 0 Å². The Hall–Kier alpha value is -1.02. The van der Waals surface area contributed by atoms with Gasteiger partial charge in [0, 0.05) is 25.3 Å². The first kappa shape index (κ1) is 11.5. The first-order chi connectivity index (χ1) is 7.61. The molecule has 1 aromatic rings. The summed E-state index contributed by atoms with van der Waals surface area (Å²) in [6, 6.07) is 8.66. The van der Waals surface area contributed by atoms with Crippen molar-refractivity contribution in [3.63, 3.8) is 0 Å². The maximum atomic E-state index is 5.60. The SMILES string of the molecule is CC1(C)CCN(c2ccc(CN)cc2)CC1. The van der Waals surface area contributed by atoms with Crippen molar-refractivity contribution in [2.24, 2.45) is 11.1 Å². The maximum absolute atomic E-state index is 5.60. The molecule has 2 heteroatoms. The van der Waals surface area contributed by atoms with Crippen molar-refractivity contribution in [3.8, 4) is 0 Å². The molecule has 0 amide bonds. The summed E-state index contributed by atoms with van der Waals surface area (Å²) in [5.41, 5.74) is 8.67. The maximum Gasteiger partial charge on any atom is 0.0366 e. The third kappa shape index (κ3) is 2.56. The highest BCUT2D eigenvalue weighted by Crippen LogP contribution is 2.32. The minimum atomic E-state index is 0.522. The predicted octanol–water partition coefficient (Wildman–Crippen LogP) is 2.77. The van der Waals surface area contributed by atoms with Crippen molar-refractivity contribution in [1.29, 1.82) is 0 Å². The Balaban J connectivity index is 2.03. The monoisotopic (exact) mass is 218 g/mol. The van der Waals surface area contributed by atoms with E-state index >= 15 is 0 Å². The van der Waals surface area contributed by atoms with Crippen LogP contribution in [0.5, 0.6) is 0 Å². The Bertz CT molecular complexity index is 330. The molecule has 88 valence electrons. The van der Waals surface area contributed by atoms with Crippen molar-refractivity contribution >= 4 is 5.69 Å². The second-order valence-electron chi connectivity index (χ2n) is 5.52. The summed E-state index contributed by atoms with van der Waals surface area (Å²) >= 11 is 0. The third-order valence-electron chi connectivity index (χ3n) is 3.65. The quantitative estimate of drug-likeness (QED) is 0.827. The molecule has 0 radical (unpaired) electrons. The summed E-state index contributed by atoms with van der Waals surface area (Å²) in [5.74, 6) is 0. The van der Waals surface area contributed by atoms with Gasteiger partial charge in [-0.2, -0.15) is 0 Å². The second-order valence-corrected chi connectivity index (χ2v) is 5.52. The highest BCUT2D eigenvalue weighted by Gasteiger charge is 2.25. The van der Waals surface area contributed by atoms with Crippen LogP contribution in [0.15, 0.2) is 24.3 Å². The number of hydrogen-bond acceptors (Lipinski definition) is 2. The predicted molar refractivity (Wildman–Crippen MR) is 69.6 cm³/mol. The van der Waals surface area contributed by atoms with Gasteiger partial charge in [0.05, 0.1) is 0 Å². The molecule has 2 nitrogen and oxygen atoms in total. The molecular formula is C14H22N2. The molecule has 1 heterocycles. The van der Waals surface area contributed by atoms with Gasteiger partial charge in [0.2, 0.25) is 0 Å². The summed E-state index contributed by atoms with van der Waals surface area (Å²) < 4.78 is 0. The Labute approximate surface area is 98.4 Å². The Morgan fingerprint density at radius 2 is 1.69 bits per heavy atom. The van der Waals surface area contributed by atoms with Crippen molar-refractivity contribution < 1.29 is 0 Å². The Morgan fingerprint density at radius 3 is 2.19 bits per heavy atom. The molecule has 0 aliphatic carbocycles. The van der Waals surface area contributed by atoms with Gasteiger partial charge in [0.1, 0.15) is 0 Å². The average molecular weight is 218 g/mol. The van der Waals surface area contributed by atoms with Crippen molar-refractivity contribution in [2.75, 3.05) is 18.0 Å². The largest absolute Gasteiger partial charge is 0.371 e. The number of benzene rings is 1. The van der Waals surface area contributed by atoms with Crippen LogP contribution in [0.2, 0.25) is 0 Å². The van der Waals surface area contributed by atoms with Crippen LogP contribution in [-0.2, 0) is 6.54 Å². The van der Waals surface area contributed by atoms with Gasteiger partial charge in [-0.25, -0.2) is 0 Å². The van der Waals surface area contributed by atoms with Gasteiger partial charge in [-0.05, 0) is 36.0 Å². The van der Waals surface area contributed by atoms with E-state index in [1.807, 2.05) is 0 Å². The van der Waals surface area contributed by atoms with Gasteiger partial charge in [-0.1, -0.05) is 26.0 Å². The molecule has 1 fully saturated rings. The van der Waals surface area contributed by atoms with Crippen LogP contribution in [0.4, 0.5) is 5.69 Å². The second kappa shape index (κ2) is 4.46. The number of hydrogen-bond donors (Lipinski definition) is 1. The van der Waals surface area contributed by atoms with Crippen LogP contribution in [0.3, 0.4) is 0 Å². The zero-order valence-electron chi connectivity index (χ0n) is 10.4. The van der Waals surface area contributed by atoms with E-state index in [-0.39, 0.29) is 0 Å². The van der Waals surface area contributed by atoms with E-state index in [0.29, 0.717) is 12.0 Å². The lowest BCUT2D eigenvalue weighted by atomic mass is 9.82. The molecule has 0 atom stereocenters. The molecule has 0 aromatic heterocycles. The highest BCUT2D eigenvalue weighted by atomic mass is 15.1. The minimum absolute atomic E-state index is 0.522. The summed E-state index contributed by atoms with van der Waals surface area (Å²) in [6.07, 6.45) is 2.57. The number of anilines is 1. The van der Waals surface area contributed by atoms with Crippen molar-refractivity contribution in [2.45, 2.75) is 33.2 Å². The lowest BCUT2D eigenvalue weighted by molar-refractivity contribution is 0.280. The van der Waals surface area contributed by atoms with Crippen LogP contribution >= 0.6 is 0 Å². The molecule has 2 N–H and O–H groups in total. The van der Waals surface area contributed by atoms with E-state index in [1.54, 1.807) is 0 Å². The first-order valence-corrected chi connectivity index (χ1v) is 6.15. The summed E-state index contributed by atoms with van der Waals surface area (Å²) in [6.45, 7) is 7.71. The number of piperidine rings is 1. The van der Waals surface area contributed by atoms with Crippen LogP contribution in [0.1, 0.15) is 32.3 Å². The van der Waals surface area contributed by atoms with Crippen LogP contribution in [0.25, 0.3) is 0 Å². The van der Waals surface area contributed by atoms with E-state index < -0.39 is 0 Å². The summed E-state index contributed by atoms with van der Waals surface area (Å²) in [7, 11) is 0. The van der Waals surface area contributed by atoms with Gasteiger partial charge in [-0.3, -0.25) is 0 Å². The molecule has 0 bridgehead atoms. The standard InChI is InChI=1S/C14H22N2/c1-14(2)7-9-16(10-8-14)13-5-3-12(11-15)4-6-13/h3-6H,7-11,15H2,1-2H3. The van der Waals surface area contributed by atoms with E-state index in [4.69, 9.17) is 5.73 Å². The molecular weight excluding hydrogens is 196 g/mol. The lowest BCUT2D eigenvalue weighted by Gasteiger charge is -2.38. The zero-order chi connectivity index (χ0) is 11.6. The van der Waals surface area contributed by atoms with Crippen LogP contribution in [0, 0.1) is 5.41 Å². The molecule has 1 saturated heterocycles. The van der Waals surface area contributed by atoms with Gasteiger partial charge in [-0.15, -0.1) is 0 Å². The van der Waals surface area contributed by atoms with Crippen molar-refractivity contribution in [1.82, 2.24) is 0 Å². The van der Waals surface area contributed by atoms with E-state index in [0.717, 1.165) is 0 Å². The Morgan fingerprint density at radius 1 is 1.12 bits per heavy atom. The van der Waals surface area contributed by atoms with E-state index in [2.05, 4.69) is 43.0 Å². The smallest absolute Gasteiger partial charge is 0.0366 e. The van der Waals surface area contributed by atoms with Gasteiger partial charge in [0.25, 0.3) is 0 Å². The number of rotatable bonds is 2. The molecule has 0 saturated carbocycles. The molecule has 1 aliphatic heterocycles. The average Bonchev–Trinajstić information content (AvgIpc) is 2.29. The van der Waals surface area contributed by atoms with Crippen LogP contribution < -0.4 is 10.6 Å². The summed E-state index contributed by atoms with van der Waals surface area (Å²) in [5, 5.41) is 0. The molecule has 1 aromatic carbocycles. The molecule has 2 rings (SSSR count). The van der Waals surface area contributed by atoms with Gasteiger partial charge >= 0.3 is 0 Å². The molecule has 1 aliphatic rings. The first-order valence-electron chi connectivity index (χ1n) is 6.15. The number of nitrogens with two attached hydrogens (primary N) is 1. The van der Waals surface area contributed by atoms with Gasteiger partial charge < -0.3 is 10.6 Å². The molecule has 16 heavy (non-hydrogen) atoms. The molecule has 0 unspecified atom stereocenters. The summed E-state index contributed by atoms with van der Waals surface area (Å²) in [4.78, 5) is 2.48.